The third-order valence-corrected chi connectivity index (χ3v) is 4.09. The summed E-state index contributed by atoms with van der Waals surface area (Å²) in [5, 5.41) is 0.623. The molecule has 2 rings (SSSR count). The maximum atomic E-state index is 12.2. The van der Waals surface area contributed by atoms with Crippen molar-refractivity contribution in [1.29, 1.82) is 0 Å². The van der Waals surface area contributed by atoms with Gasteiger partial charge in [-0.05, 0) is 50.5 Å². The van der Waals surface area contributed by atoms with Crippen LogP contribution in [-0.4, -0.2) is 22.9 Å². The van der Waals surface area contributed by atoms with E-state index in [9.17, 15) is 9.59 Å². The zero-order valence-corrected chi connectivity index (χ0v) is 15.2. The van der Waals surface area contributed by atoms with Crippen molar-refractivity contribution in [1.82, 2.24) is 4.57 Å². The SMILES string of the molecule is CCOC(=O)CCCCCn1cc[n+](CC(=O)c2ccc(Cl)cc2)c1. The van der Waals surface area contributed by atoms with Crippen molar-refractivity contribution in [2.24, 2.45) is 0 Å². The van der Waals surface area contributed by atoms with E-state index < -0.39 is 0 Å². The normalized spacial score (nSPS) is 10.6. The quantitative estimate of drug-likeness (QED) is 0.281. The van der Waals surface area contributed by atoms with E-state index in [1.165, 1.54) is 0 Å². The van der Waals surface area contributed by atoms with Crippen LogP contribution in [0.1, 0.15) is 43.0 Å². The van der Waals surface area contributed by atoms with Crippen molar-refractivity contribution < 1.29 is 18.9 Å². The second-order valence-electron chi connectivity index (χ2n) is 5.87. The number of aromatic nitrogens is 2. The molecule has 0 amide bonds. The molecule has 0 aliphatic rings. The third kappa shape index (κ3) is 6.70. The number of rotatable bonds is 10. The number of carbonyl (C=O) groups is 2. The largest absolute Gasteiger partial charge is 0.466 e. The summed E-state index contributed by atoms with van der Waals surface area (Å²) in [5.74, 6) is -0.0733. The molecule has 25 heavy (non-hydrogen) atoms. The average molecular weight is 364 g/mol. The number of imidazole rings is 1. The maximum Gasteiger partial charge on any atom is 0.305 e. The molecule has 0 unspecified atom stereocenters. The van der Waals surface area contributed by atoms with Crippen molar-refractivity contribution in [3.8, 4) is 0 Å². The summed E-state index contributed by atoms with van der Waals surface area (Å²) in [6.45, 7) is 3.43. The second kappa shape index (κ2) is 9.99. The van der Waals surface area contributed by atoms with Gasteiger partial charge in [-0.1, -0.05) is 11.6 Å². The van der Waals surface area contributed by atoms with Crippen LogP contribution in [0.2, 0.25) is 5.02 Å². The van der Waals surface area contributed by atoms with E-state index in [0.29, 0.717) is 30.2 Å². The number of carbonyl (C=O) groups excluding carboxylic acids is 2. The highest BCUT2D eigenvalue weighted by molar-refractivity contribution is 6.30. The minimum atomic E-state index is -0.123. The lowest BCUT2D eigenvalue weighted by Gasteiger charge is -2.01. The van der Waals surface area contributed by atoms with Crippen LogP contribution in [0.4, 0.5) is 0 Å². The van der Waals surface area contributed by atoms with E-state index in [2.05, 4.69) is 4.57 Å². The molecule has 0 N–H and O–H groups in total. The van der Waals surface area contributed by atoms with Gasteiger partial charge in [-0.2, -0.15) is 0 Å². The highest BCUT2D eigenvalue weighted by atomic mass is 35.5. The highest BCUT2D eigenvalue weighted by Gasteiger charge is 2.11. The zero-order valence-electron chi connectivity index (χ0n) is 14.5. The van der Waals surface area contributed by atoms with Gasteiger partial charge in [0.25, 0.3) is 0 Å². The molecule has 0 spiro atoms. The predicted molar refractivity (Wildman–Crippen MR) is 95.5 cm³/mol. The first-order valence-electron chi connectivity index (χ1n) is 8.57. The number of ether oxygens (including phenoxy) is 1. The molecule has 0 fully saturated rings. The Kier molecular flexibility index (Phi) is 7.67. The number of unbranched alkanes of at least 4 members (excludes halogenated alkanes) is 2. The summed E-state index contributed by atoms with van der Waals surface area (Å²) >= 11 is 5.84. The molecule has 0 saturated carbocycles. The Hall–Kier alpha value is -2.14. The fourth-order valence-electron chi connectivity index (χ4n) is 2.53. The van der Waals surface area contributed by atoms with Crippen LogP contribution < -0.4 is 4.57 Å². The molecule has 0 bridgehead atoms. The molecule has 0 radical (unpaired) electrons. The molecule has 1 heterocycles. The van der Waals surface area contributed by atoms with Gasteiger partial charge in [0.1, 0.15) is 12.4 Å². The fraction of sp³-hybridized carbons (Fsp3) is 0.421. The van der Waals surface area contributed by atoms with Crippen molar-refractivity contribution in [3.63, 3.8) is 0 Å². The van der Waals surface area contributed by atoms with Crippen molar-refractivity contribution in [2.75, 3.05) is 6.61 Å². The summed E-state index contributed by atoms with van der Waals surface area (Å²) < 4.78 is 8.83. The first kappa shape index (κ1) is 19.2. The van der Waals surface area contributed by atoms with Gasteiger partial charge in [0.05, 0.1) is 13.2 Å². The van der Waals surface area contributed by atoms with E-state index in [1.54, 1.807) is 24.3 Å². The van der Waals surface area contributed by atoms with E-state index in [-0.39, 0.29) is 11.8 Å². The minimum Gasteiger partial charge on any atom is -0.466 e. The van der Waals surface area contributed by atoms with Crippen LogP contribution in [0.5, 0.6) is 0 Å². The van der Waals surface area contributed by atoms with Crippen LogP contribution in [-0.2, 0) is 22.6 Å². The number of ketones is 1. The molecule has 0 aliphatic heterocycles. The summed E-state index contributed by atoms with van der Waals surface area (Å²) in [7, 11) is 0. The standard InChI is InChI=1S/C19H24ClN2O3/c1-2-25-19(24)6-4-3-5-11-21-12-13-22(15-21)14-18(23)16-7-9-17(20)10-8-16/h7-10,12-13,15H,2-6,11,14H2,1H3/q+1. The number of benzene rings is 1. The number of esters is 1. The van der Waals surface area contributed by atoms with Gasteiger partial charge in [-0.15, -0.1) is 0 Å². The van der Waals surface area contributed by atoms with Crippen molar-refractivity contribution in [2.45, 2.75) is 45.7 Å². The van der Waals surface area contributed by atoms with Gasteiger partial charge in [-0.3, -0.25) is 9.59 Å². The van der Waals surface area contributed by atoms with Gasteiger partial charge in [0.2, 0.25) is 12.1 Å². The number of aryl methyl sites for hydroxylation is 1. The molecule has 134 valence electrons. The third-order valence-electron chi connectivity index (χ3n) is 3.84. The monoisotopic (exact) mass is 363 g/mol. The molecule has 0 saturated heterocycles. The topological polar surface area (TPSA) is 52.2 Å². The smallest absolute Gasteiger partial charge is 0.305 e. The van der Waals surface area contributed by atoms with Gasteiger partial charge in [-0.25, -0.2) is 9.13 Å². The Morgan fingerprint density at radius 3 is 2.64 bits per heavy atom. The Morgan fingerprint density at radius 1 is 1.16 bits per heavy atom. The highest BCUT2D eigenvalue weighted by Crippen LogP contribution is 2.10. The van der Waals surface area contributed by atoms with Gasteiger partial charge in [0, 0.05) is 17.0 Å². The summed E-state index contributed by atoms with van der Waals surface area (Å²) in [4.78, 5) is 23.5. The van der Waals surface area contributed by atoms with Crippen molar-refractivity contribution >= 4 is 23.4 Å². The van der Waals surface area contributed by atoms with Crippen LogP contribution in [0, 0.1) is 0 Å². The fourth-order valence-corrected chi connectivity index (χ4v) is 2.66. The molecule has 5 nitrogen and oxygen atoms in total. The Labute approximate surface area is 153 Å². The average Bonchev–Trinajstić information content (AvgIpc) is 3.02. The Morgan fingerprint density at radius 2 is 1.92 bits per heavy atom. The zero-order chi connectivity index (χ0) is 18.1. The Balaban J connectivity index is 1.72. The van der Waals surface area contributed by atoms with Gasteiger partial charge >= 0.3 is 5.97 Å². The number of Topliss-reactive ketones (excluding diaryl/α,β-unsaturated/α-hetero) is 1. The first-order chi connectivity index (χ1) is 12.1. The Bertz CT molecular complexity index is 695. The lowest BCUT2D eigenvalue weighted by Crippen LogP contribution is -2.35. The summed E-state index contributed by atoms with van der Waals surface area (Å²) in [5.41, 5.74) is 0.656. The minimum absolute atomic E-state index is 0.0499. The molecule has 6 heteroatoms. The van der Waals surface area contributed by atoms with Crippen molar-refractivity contribution in [3.05, 3.63) is 53.6 Å². The molecular formula is C19H24ClN2O3+. The van der Waals surface area contributed by atoms with Crippen LogP contribution in [0.25, 0.3) is 0 Å². The lowest BCUT2D eigenvalue weighted by molar-refractivity contribution is -0.682. The number of hydrogen-bond acceptors (Lipinski definition) is 3. The van der Waals surface area contributed by atoms with E-state index in [1.807, 2.05) is 30.2 Å². The molecule has 2 aromatic rings. The molecule has 0 aliphatic carbocycles. The second-order valence-corrected chi connectivity index (χ2v) is 6.31. The van der Waals surface area contributed by atoms with E-state index >= 15 is 0 Å². The molecule has 1 aromatic heterocycles. The summed E-state index contributed by atoms with van der Waals surface area (Å²) in [6, 6.07) is 6.93. The van der Waals surface area contributed by atoms with Crippen LogP contribution in [0.3, 0.4) is 0 Å². The van der Waals surface area contributed by atoms with Crippen LogP contribution in [0.15, 0.2) is 43.0 Å². The number of hydrogen-bond donors (Lipinski definition) is 0. The molecular weight excluding hydrogens is 340 g/mol. The summed E-state index contributed by atoms with van der Waals surface area (Å²) in [6.07, 6.45) is 9.07. The van der Waals surface area contributed by atoms with Crippen LogP contribution >= 0.6 is 11.6 Å². The van der Waals surface area contributed by atoms with Gasteiger partial charge in [0.15, 0.2) is 6.54 Å². The van der Waals surface area contributed by atoms with E-state index in [4.69, 9.17) is 16.3 Å². The number of halogens is 1. The molecule has 1 aromatic carbocycles. The predicted octanol–water partition coefficient (Wildman–Crippen LogP) is 3.44. The van der Waals surface area contributed by atoms with E-state index in [0.717, 1.165) is 25.8 Å². The lowest BCUT2D eigenvalue weighted by atomic mass is 10.1. The maximum absolute atomic E-state index is 12.2. The first-order valence-corrected chi connectivity index (χ1v) is 8.95. The number of nitrogens with zero attached hydrogens (tertiary/aromatic N) is 2. The van der Waals surface area contributed by atoms with Gasteiger partial charge < -0.3 is 4.74 Å². The molecule has 0 atom stereocenters.